The second-order valence-electron chi connectivity index (χ2n) is 13.3. The second kappa shape index (κ2) is 20.4. The van der Waals surface area contributed by atoms with Gasteiger partial charge in [-0.3, -0.25) is 39.8 Å². The summed E-state index contributed by atoms with van der Waals surface area (Å²) in [5, 5.41) is 27.1. The Morgan fingerprint density at radius 3 is 2.18 bits per heavy atom. The number of carbonyl (C=O) groups excluding carboxylic acids is 4. The average molecular weight is 783 g/mol. The predicted octanol–water partition coefficient (Wildman–Crippen LogP) is 3.14. The lowest BCUT2D eigenvalue weighted by molar-refractivity contribution is -0.136. The number of ether oxygens (including phenoxy) is 5. The summed E-state index contributed by atoms with van der Waals surface area (Å²) in [5.41, 5.74) is 5.89. The van der Waals surface area contributed by atoms with Gasteiger partial charge in [-0.2, -0.15) is 0 Å². The van der Waals surface area contributed by atoms with Gasteiger partial charge in [-0.25, -0.2) is 0 Å². The normalized spacial score (nSPS) is 17.2. The molecule has 1 unspecified atom stereocenters. The lowest BCUT2D eigenvalue weighted by Gasteiger charge is -2.27. The molecule has 4 amide bonds. The highest BCUT2D eigenvalue weighted by molar-refractivity contribution is 6.30. The standard InChI is InChI=1S/C41H46N6O10/c42-38(27-10-13-43-14-11-27)34(29-2-5-31-28(24-29)3-7-35(31)46-52)26-44-12-1-15-53-16-17-54-18-19-55-20-21-56-22-23-57-30-4-6-32-33(25-30)41(51)47(40(32)50)36-8-9-37(48)45-39(36)49/h2,4-6,10-11,13-14,24-26,36,42,44,52H,1,3,7-9,12,15-23H2,(H,45,48,49)/b34-26-,42-38?,46-35+. The highest BCUT2D eigenvalue weighted by Gasteiger charge is 2.44. The van der Waals surface area contributed by atoms with Gasteiger partial charge < -0.3 is 34.2 Å². The molecule has 16 nitrogen and oxygen atoms in total. The van der Waals surface area contributed by atoms with Gasteiger partial charge in [0.1, 0.15) is 18.4 Å². The summed E-state index contributed by atoms with van der Waals surface area (Å²) in [5.74, 6) is -1.85. The zero-order chi connectivity index (χ0) is 40.0. The van der Waals surface area contributed by atoms with E-state index < -0.39 is 29.7 Å². The molecule has 4 N–H and O–H groups in total. The molecule has 2 aliphatic heterocycles. The number of fused-ring (bicyclic) bond motifs is 2. The Labute approximate surface area is 329 Å². The number of aryl methyl sites for hydroxylation is 1. The fourth-order valence-electron chi connectivity index (χ4n) is 6.69. The molecule has 0 saturated carbocycles. The number of hydrogen-bond donors (Lipinski definition) is 4. The van der Waals surface area contributed by atoms with Crippen LogP contribution in [-0.2, 0) is 35.0 Å². The minimum absolute atomic E-state index is 0.0573. The van der Waals surface area contributed by atoms with Crippen molar-refractivity contribution in [2.24, 2.45) is 5.16 Å². The number of imide groups is 2. The minimum atomic E-state index is -1.02. The van der Waals surface area contributed by atoms with Crippen LogP contribution in [-0.4, -0.2) is 122 Å². The maximum atomic E-state index is 13.0. The molecule has 2 aromatic carbocycles. The van der Waals surface area contributed by atoms with Gasteiger partial charge in [0, 0.05) is 54.9 Å². The van der Waals surface area contributed by atoms with Crippen LogP contribution in [0.3, 0.4) is 0 Å². The van der Waals surface area contributed by atoms with E-state index in [1.807, 2.05) is 30.5 Å². The van der Waals surface area contributed by atoms with Gasteiger partial charge in [0.25, 0.3) is 11.8 Å². The zero-order valence-corrected chi connectivity index (χ0v) is 31.5. The van der Waals surface area contributed by atoms with E-state index in [1.54, 1.807) is 18.5 Å². The molecule has 1 saturated heterocycles. The number of nitrogens with zero attached hydrogens (tertiary/aromatic N) is 3. The van der Waals surface area contributed by atoms with E-state index in [0.717, 1.165) is 45.6 Å². The third-order valence-electron chi connectivity index (χ3n) is 9.60. The number of aromatic nitrogens is 1. The van der Waals surface area contributed by atoms with Crippen LogP contribution in [0.4, 0.5) is 0 Å². The van der Waals surface area contributed by atoms with Crippen LogP contribution in [0.15, 0.2) is 72.3 Å². The molecule has 3 aromatic rings. The third-order valence-corrected chi connectivity index (χ3v) is 9.60. The van der Waals surface area contributed by atoms with Gasteiger partial charge in [0.15, 0.2) is 0 Å². The molecule has 1 aromatic heterocycles. The van der Waals surface area contributed by atoms with Gasteiger partial charge >= 0.3 is 0 Å². The number of oxime groups is 1. The maximum Gasteiger partial charge on any atom is 0.262 e. The first-order valence-electron chi connectivity index (χ1n) is 18.9. The van der Waals surface area contributed by atoms with E-state index in [0.29, 0.717) is 76.4 Å². The number of nitrogens with one attached hydrogen (secondary N) is 3. The summed E-state index contributed by atoms with van der Waals surface area (Å²) in [6.45, 7) is 4.16. The number of benzene rings is 2. The molecule has 0 bridgehead atoms. The number of piperidine rings is 1. The van der Waals surface area contributed by atoms with Crippen LogP contribution in [0.25, 0.3) is 5.57 Å². The Morgan fingerprint density at radius 1 is 0.807 bits per heavy atom. The molecule has 0 spiro atoms. The number of carbonyl (C=O) groups is 4. The first-order chi connectivity index (χ1) is 27.9. The highest BCUT2D eigenvalue weighted by Crippen LogP contribution is 2.31. The van der Waals surface area contributed by atoms with Crippen molar-refractivity contribution in [3.05, 3.63) is 101 Å². The van der Waals surface area contributed by atoms with Crippen LogP contribution >= 0.6 is 0 Å². The number of rotatable bonds is 22. The molecule has 16 heteroatoms. The van der Waals surface area contributed by atoms with E-state index in [4.69, 9.17) is 29.1 Å². The van der Waals surface area contributed by atoms with Crippen LogP contribution in [0.1, 0.15) is 68.7 Å². The Balaban J connectivity index is 0.784. The summed E-state index contributed by atoms with van der Waals surface area (Å²) >= 11 is 0. The Bertz CT molecular complexity index is 2000. The summed E-state index contributed by atoms with van der Waals surface area (Å²) in [6.07, 6.45) is 7.62. The summed E-state index contributed by atoms with van der Waals surface area (Å²) < 4.78 is 28.1. The number of amides is 4. The van der Waals surface area contributed by atoms with Crippen molar-refractivity contribution in [1.29, 1.82) is 5.41 Å². The van der Waals surface area contributed by atoms with Crippen LogP contribution in [0.5, 0.6) is 5.75 Å². The Kier molecular flexibility index (Phi) is 14.6. The third kappa shape index (κ3) is 10.5. The van der Waals surface area contributed by atoms with Crippen LogP contribution in [0, 0.1) is 5.41 Å². The molecule has 6 rings (SSSR count). The van der Waals surface area contributed by atoms with Crippen molar-refractivity contribution in [3.8, 4) is 5.75 Å². The van der Waals surface area contributed by atoms with Crippen molar-refractivity contribution in [3.63, 3.8) is 0 Å². The molecule has 1 fully saturated rings. The number of allylic oxidation sites excluding steroid dienone is 1. The van der Waals surface area contributed by atoms with Gasteiger partial charge in [0.05, 0.1) is 68.8 Å². The lowest BCUT2D eigenvalue weighted by Crippen LogP contribution is -2.54. The van der Waals surface area contributed by atoms with Crippen molar-refractivity contribution < 1.29 is 48.1 Å². The Hall–Kier alpha value is -5.81. The van der Waals surface area contributed by atoms with E-state index in [1.165, 1.54) is 12.1 Å². The Morgan fingerprint density at radius 2 is 1.47 bits per heavy atom. The maximum absolute atomic E-state index is 13.0. The molecule has 0 radical (unpaired) electrons. The molecule has 1 aliphatic carbocycles. The van der Waals surface area contributed by atoms with Crippen LogP contribution < -0.4 is 15.4 Å². The SMILES string of the molecule is N=C(/C(=C\NCCCOCCOCCOCCOCCOc1ccc2c(c1)C(=O)N(C1CCC(=O)NC1=O)C2=O)c1ccc2c(c1)CC/C2=N\O)c1ccncc1. The summed E-state index contributed by atoms with van der Waals surface area (Å²) in [7, 11) is 0. The molecular formula is C41H46N6O10. The van der Waals surface area contributed by atoms with Gasteiger partial charge in [-0.1, -0.05) is 23.4 Å². The van der Waals surface area contributed by atoms with Crippen molar-refractivity contribution in [2.75, 3.05) is 66.0 Å². The van der Waals surface area contributed by atoms with Crippen molar-refractivity contribution in [1.82, 2.24) is 20.5 Å². The van der Waals surface area contributed by atoms with Gasteiger partial charge in [-0.05, 0) is 67.1 Å². The molecular weight excluding hydrogens is 736 g/mol. The summed E-state index contributed by atoms with van der Waals surface area (Å²) in [6, 6.07) is 13.1. The largest absolute Gasteiger partial charge is 0.491 e. The van der Waals surface area contributed by atoms with Crippen molar-refractivity contribution in [2.45, 2.75) is 38.1 Å². The predicted molar refractivity (Wildman–Crippen MR) is 207 cm³/mol. The lowest BCUT2D eigenvalue weighted by atomic mass is 9.94. The molecule has 57 heavy (non-hydrogen) atoms. The first kappa shape index (κ1) is 40.8. The molecule has 3 heterocycles. The highest BCUT2D eigenvalue weighted by atomic mass is 16.6. The zero-order valence-electron chi connectivity index (χ0n) is 31.5. The molecule has 1 atom stereocenters. The second-order valence-corrected chi connectivity index (χ2v) is 13.3. The quantitative estimate of drug-likeness (QED) is 0.0381. The fourth-order valence-corrected chi connectivity index (χ4v) is 6.69. The molecule has 3 aliphatic rings. The average Bonchev–Trinajstić information content (AvgIpc) is 3.75. The van der Waals surface area contributed by atoms with E-state index in [9.17, 15) is 24.4 Å². The minimum Gasteiger partial charge on any atom is -0.491 e. The number of hydrogen-bond acceptors (Lipinski definition) is 14. The van der Waals surface area contributed by atoms with E-state index in [-0.39, 0.29) is 37.2 Å². The van der Waals surface area contributed by atoms with Crippen LogP contribution in [0.2, 0.25) is 0 Å². The topological polar surface area (TPSA) is 211 Å². The van der Waals surface area contributed by atoms with Gasteiger partial charge in [0.2, 0.25) is 11.8 Å². The van der Waals surface area contributed by atoms with E-state index >= 15 is 0 Å². The smallest absolute Gasteiger partial charge is 0.262 e. The first-order valence-corrected chi connectivity index (χ1v) is 18.9. The molecule has 300 valence electrons. The number of pyridine rings is 1. The van der Waals surface area contributed by atoms with Crippen molar-refractivity contribution >= 4 is 40.6 Å². The fraction of sp³-hybridized carbons (Fsp3) is 0.390. The van der Waals surface area contributed by atoms with E-state index in [2.05, 4.69) is 26.8 Å². The summed E-state index contributed by atoms with van der Waals surface area (Å²) in [4.78, 5) is 54.5. The van der Waals surface area contributed by atoms with Gasteiger partial charge in [-0.15, -0.1) is 0 Å². The monoisotopic (exact) mass is 782 g/mol.